The van der Waals surface area contributed by atoms with Crippen LogP contribution in [0, 0.1) is 0 Å². The summed E-state index contributed by atoms with van der Waals surface area (Å²) >= 11 is 0. The Bertz CT molecular complexity index is 379. The van der Waals surface area contributed by atoms with Crippen molar-refractivity contribution in [3.05, 3.63) is 35.9 Å². The number of urea groups is 1. The minimum atomic E-state index is -0.871. The van der Waals surface area contributed by atoms with Crippen molar-refractivity contribution in [2.75, 3.05) is 7.05 Å². The fourth-order valence-corrected chi connectivity index (χ4v) is 1.51. The van der Waals surface area contributed by atoms with E-state index in [9.17, 15) is 9.59 Å². The molecule has 0 aromatic heterocycles. The maximum atomic E-state index is 11.3. The number of carboxylic acids is 1. The molecule has 5 nitrogen and oxygen atoms in total. The first-order chi connectivity index (χ1) is 8.13. The first-order valence-electron chi connectivity index (χ1n) is 5.38. The molecular weight excluding hydrogens is 220 g/mol. The van der Waals surface area contributed by atoms with Crippen LogP contribution in [-0.2, 0) is 4.79 Å². The molecule has 0 saturated heterocycles. The second-order valence-corrected chi connectivity index (χ2v) is 3.62. The van der Waals surface area contributed by atoms with E-state index in [1.54, 1.807) is 0 Å². The normalized spacial score (nSPS) is 11.6. The second-order valence-electron chi connectivity index (χ2n) is 3.62. The maximum absolute atomic E-state index is 11.3. The molecule has 1 atom stereocenters. The van der Waals surface area contributed by atoms with E-state index in [1.807, 2.05) is 30.3 Å². The average molecular weight is 236 g/mol. The summed E-state index contributed by atoms with van der Waals surface area (Å²) in [7, 11) is 1.52. The molecule has 0 aliphatic rings. The van der Waals surface area contributed by atoms with Gasteiger partial charge in [0.25, 0.3) is 0 Å². The summed E-state index contributed by atoms with van der Waals surface area (Å²) in [5.74, 6) is -0.871. The highest BCUT2D eigenvalue weighted by molar-refractivity contribution is 5.74. The monoisotopic (exact) mass is 236 g/mol. The van der Waals surface area contributed by atoms with Crippen LogP contribution in [-0.4, -0.2) is 24.2 Å². The van der Waals surface area contributed by atoms with Gasteiger partial charge in [0.15, 0.2) is 0 Å². The minimum absolute atomic E-state index is 0.0174. The van der Waals surface area contributed by atoms with Crippen LogP contribution >= 0.6 is 0 Å². The molecule has 1 aromatic carbocycles. The van der Waals surface area contributed by atoms with Crippen LogP contribution in [0.3, 0.4) is 0 Å². The Morgan fingerprint density at radius 3 is 2.47 bits per heavy atom. The number of amides is 2. The van der Waals surface area contributed by atoms with E-state index in [4.69, 9.17) is 5.11 Å². The van der Waals surface area contributed by atoms with Crippen LogP contribution in [0.2, 0.25) is 0 Å². The van der Waals surface area contributed by atoms with E-state index in [1.165, 1.54) is 7.05 Å². The summed E-state index contributed by atoms with van der Waals surface area (Å²) in [5.41, 5.74) is 0.900. The average Bonchev–Trinajstić information content (AvgIpc) is 2.35. The largest absolute Gasteiger partial charge is 0.481 e. The Labute approximate surface area is 99.8 Å². The van der Waals surface area contributed by atoms with Gasteiger partial charge in [0.1, 0.15) is 0 Å². The molecule has 5 heteroatoms. The zero-order chi connectivity index (χ0) is 12.7. The topological polar surface area (TPSA) is 78.4 Å². The summed E-state index contributed by atoms with van der Waals surface area (Å²) < 4.78 is 0. The molecule has 0 aliphatic heterocycles. The number of carbonyl (C=O) groups is 2. The lowest BCUT2D eigenvalue weighted by molar-refractivity contribution is -0.137. The van der Waals surface area contributed by atoms with Gasteiger partial charge in [0.2, 0.25) is 0 Å². The predicted molar refractivity (Wildman–Crippen MR) is 63.6 cm³/mol. The van der Waals surface area contributed by atoms with Gasteiger partial charge in [-0.05, 0) is 12.0 Å². The SMILES string of the molecule is CNC(=O)NC(CCC(=O)O)c1ccccc1. The molecule has 0 aliphatic carbocycles. The number of carbonyl (C=O) groups excluding carboxylic acids is 1. The van der Waals surface area contributed by atoms with Crippen LogP contribution < -0.4 is 10.6 Å². The molecule has 0 fully saturated rings. The van der Waals surface area contributed by atoms with E-state index < -0.39 is 5.97 Å². The van der Waals surface area contributed by atoms with Gasteiger partial charge in [0, 0.05) is 13.5 Å². The molecule has 0 saturated carbocycles. The Balaban J connectivity index is 2.71. The van der Waals surface area contributed by atoms with E-state index in [0.29, 0.717) is 6.42 Å². The fourth-order valence-electron chi connectivity index (χ4n) is 1.51. The van der Waals surface area contributed by atoms with Gasteiger partial charge >= 0.3 is 12.0 Å². The molecule has 1 rings (SSSR count). The van der Waals surface area contributed by atoms with Gasteiger partial charge in [-0.25, -0.2) is 4.79 Å². The zero-order valence-electron chi connectivity index (χ0n) is 9.64. The van der Waals surface area contributed by atoms with Crippen LogP contribution in [0.15, 0.2) is 30.3 Å². The molecule has 0 spiro atoms. The van der Waals surface area contributed by atoms with Crippen LogP contribution in [0.1, 0.15) is 24.4 Å². The summed E-state index contributed by atoms with van der Waals surface area (Å²) in [5, 5.41) is 13.9. The second kappa shape index (κ2) is 6.52. The quantitative estimate of drug-likeness (QED) is 0.725. The van der Waals surface area contributed by atoms with Gasteiger partial charge in [-0.15, -0.1) is 0 Å². The van der Waals surface area contributed by atoms with E-state index in [0.717, 1.165) is 5.56 Å². The number of hydrogen-bond acceptors (Lipinski definition) is 2. The van der Waals surface area contributed by atoms with Crippen molar-refractivity contribution in [3.63, 3.8) is 0 Å². The van der Waals surface area contributed by atoms with Gasteiger partial charge in [-0.1, -0.05) is 30.3 Å². The van der Waals surface area contributed by atoms with Crippen LogP contribution in [0.4, 0.5) is 4.79 Å². The van der Waals surface area contributed by atoms with Crippen molar-refractivity contribution in [2.45, 2.75) is 18.9 Å². The number of rotatable bonds is 5. The minimum Gasteiger partial charge on any atom is -0.481 e. The van der Waals surface area contributed by atoms with Gasteiger partial charge in [-0.3, -0.25) is 4.79 Å². The molecule has 92 valence electrons. The number of hydrogen-bond donors (Lipinski definition) is 3. The highest BCUT2D eigenvalue weighted by Gasteiger charge is 2.14. The van der Waals surface area contributed by atoms with Crippen molar-refractivity contribution >= 4 is 12.0 Å². The summed E-state index contributed by atoms with van der Waals surface area (Å²) in [6, 6.07) is 8.71. The first kappa shape index (κ1) is 13.0. The van der Waals surface area contributed by atoms with Crippen LogP contribution in [0.25, 0.3) is 0 Å². The Morgan fingerprint density at radius 2 is 1.94 bits per heavy atom. The molecule has 0 bridgehead atoms. The third kappa shape index (κ3) is 4.55. The van der Waals surface area contributed by atoms with Crippen molar-refractivity contribution < 1.29 is 14.7 Å². The molecule has 2 amide bonds. The predicted octanol–water partition coefficient (Wildman–Crippen LogP) is 1.52. The lowest BCUT2D eigenvalue weighted by atomic mass is 10.0. The fraction of sp³-hybridized carbons (Fsp3) is 0.333. The van der Waals surface area contributed by atoms with Crippen LogP contribution in [0.5, 0.6) is 0 Å². The summed E-state index contributed by atoms with van der Waals surface area (Å²) in [4.78, 5) is 21.8. The zero-order valence-corrected chi connectivity index (χ0v) is 9.64. The van der Waals surface area contributed by atoms with E-state index >= 15 is 0 Å². The van der Waals surface area contributed by atoms with Crippen molar-refractivity contribution in [1.29, 1.82) is 0 Å². The Hall–Kier alpha value is -2.04. The smallest absolute Gasteiger partial charge is 0.315 e. The van der Waals surface area contributed by atoms with E-state index in [2.05, 4.69) is 10.6 Å². The summed E-state index contributed by atoms with van der Waals surface area (Å²) in [6.45, 7) is 0. The third-order valence-electron chi connectivity index (χ3n) is 2.38. The van der Waals surface area contributed by atoms with Crippen molar-refractivity contribution in [2.24, 2.45) is 0 Å². The summed E-state index contributed by atoms with van der Waals surface area (Å²) in [6.07, 6.45) is 0.385. The van der Waals surface area contributed by atoms with Crippen molar-refractivity contribution in [3.8, 4) is 0 Å². The number of aliphatic carboxylic acids is 1. The van der Waals surface area contributed by atoms with Gasteiger partial charge in [0.05, 0.1) is 6.04 Å². The highest BCUT2D eigenvalue weighted by atomic mass is 16.4. The number of benzene rings is 1. The standard InChI is InChI=1S/C12H16N2O3/c1-13-12(17)14-10(7-8-11(15)16)9-5-3-2-4-6-9/h2-6,10H,7-8H2,1H3,(H,15,16)(H2,13,14,17). The molecule has 0 heterocycles. The maximum Gasteiger partial charge on any atom is 0.315 e. The highest BCUT2D eigenvalue weighted by Crippen LogP contribution is 2.17. The Morgan fingerprint density at radius 1 is 1.29 bits per heavy atom. The lowest BCUT2D eigenvalue weighted by Gasteiger charge is -2.18. The molecule has 1 aromatic rings. The molecule has 0 radical (unpaired) electrons. The van der Waals surface area contributed by atoms with E-state index in [-0.39, 0.29) is 18.5 Å². The molecular formula is C12H16N2O3. The lowest BCUT2D eigenvalue weighted by Crippen LogP contribution is -2.36. The van der Waals surface area contributed by atoms with Gasteiger partial charge < -0.3 is 15.7 Å². The molecule has 3 N–H and O–H groups in total. The number of carboxylic acid groups (broad SMARTS) is 1. The van der Waals surface area contributed by atoms with Gasteiger partial charge in [-0.2, -0.15) is 0 Å². The number of nitrogens with one attached hydrogen (secondary N) is 2. The third-order valence-corrected chi connectivity index (χ3v) is 2.38. The molecule has 17 heavy (non-hydrogen) atoms. The van der Waals surface area contributed by atoms with Crippen molar-refractivity contribution in [1.82, 2.24) is 10.6 Å². The Kier molecular flexibility index (Phi) is 5.00. The molecule has 1 unspecified atom stereocenters. The first-order valence-corrected chi connectivity index (χ1v) is 5.38.